The van der Waals surface area contributed by atoms with Gasteiger partial charge in [0.05, 0.1) is 0 Å². The number of carbonyl (C=O) groups excluding carboxylic acids is 3. The smallest absolute Gasteiger partial charge is 0.325 e. The first-order valence-corrected chi connectivity index (χ1v) is 8.14. The Balaban J connectivity index is 1.73. The minimum Gasteiger partial charge on any atom is -0.352 e. The second-order valence-corrected chi connectivity index (χ2v) is 8.10. The molecule has 4 amide bonds. The minimum absolute atomic E-state index is 0.00683. The normalized spacial score (nSPS) is 34.0. The topological polar surface area (TPSA) is 78.5 Å². The molecule has 22 heavy (non-hydrogen) atoms. The summed E-state index contributed by atoms with van der Waals surface area (Å²) in [5.41, 5.74) is -0.814. The maximum absolute atomic E-state index is 12.8. The third-order valence-electron chi connectivity index (χ3n) is 4.87. The fourth-order valence-electron chi connectivity index (χ4n) is 4.29. The number of urea groups is 1. The average Bonchev–Trinajstić information content (AvgIpc) is 3.12. The van der Waals surface area contributed by atoms with Crippen LogP contribution in [0.5, 0.6) is 0 Å². The van der Waals surface area contributed by atoms with Gasteiger partial charge in [0, 0.05) is 6.04 Å². The molecule has 1 spiro atoms. The Bertz CT molecular complexity index is 527. The van der Waals surface area contributed by atoms with Crippen molar-refractivity contribution in [2.75, 3.05) is 6.54 Å². The van der Waals surface area contributed by atoms with E-state index in [-0.39, 0.29) is 29.8 Å². The van der Waals surface area contributed by atoms with Crippen molar-refractivity contribution in [1.82, 2.24) is 15.5 Å². The van der Waals surface area contributed by atoms with Gasteiger partial charge in [-0.3, -0.25) is 14.5 Å². The Labute approximate surface area is 131 Å². The summed E-state index contributed by atoms with van der Waals surface area (Å²) in [6, 6.07) is -0.197. The molecule has 0 aromatic rings. The zero-order valence-corrected chi connectivity index (χ0v) is 13.6. The van der Waals surface area contributed by atoms with Crippen LogP contribution in [0.1, 0.15) is 52.9 Å². The highest BCUT2D eigenvalue weighted by molar-refractivity contribution is 6.09. The zero-order valence-electron chi connectivity index (χ0n) is 13.6. The number of amides is 4. The maximum atomic E-state index is 12.8. The quantitative estimate of drug-likeness (QED) is 0.774. The molecular formula is C16H25N3O3. The fourth-order valence-corrected chi connectivity index (χ4v) is 4.29. The monoisotopic (exact) mass is 307 g/mol. The van der Waals surface area contributed by atoms with Gasteiger partial charge in [-0.2, -0.15) is 0 Å². The minimum atomic E-state index is -0.821. The van der Waals surface area contributed by atoms with E-state index in [4.69, 9.17) is 0 Å². The maximum Gasteiger partial charge on any atom is 0.325 e. The van der Waals surface area contributed by atoms with Crippen molar-refractivity contribution in [3.8, 4) is 0 Å². The summed E-state index contributed by atoms with van der Waals surface area (Å²) >= 11 is 0. The molecule has 6 nitrogen and oxygen atoms in total. The number of imide groups is 1. The van der Waals surface area contributed by atoms with Gasteiger partial charge in [0.15, 0.2) is 0 Å². The van der Waals surface area contributed by atoms with Crippen molar-refractivity contribution < 1.29 is 14.4 Å². The van der Waals surface area contributed by atoms with Crippen LogP contribution in [-0.2, 0) is 9.59 Å². The Kier molecular flexibility index (Phi) is 3.45. The molecule has 3 rings (SSSR count). The molecule has 0 unspecified atom stereocenters. The van der Waals surface area contributed by atoms with Crippen LogP contribution in [0, 0.1) is 11.3 Å². The summed E-state index contributed by atoms with van der Waals surface area (Å²) < 4.78 is 0. The van der Waals surface area contributed by atoms with E-state index in [1.165, 1.54) is 0 Å². The molecule has 2 saturated carbocycles. The van der Waals surface area contributed by atoms with Crippen LogP contribution in [0.25, 0.3) is 0 Å². The van der Waals surface area contributed by atoms with Gasteiger partial charge in [-0.1, -0.05) is 20.8 Å². The number of carbonyl (C=O) groups is 3. The lowest BCUT2D eigenvalue weighted by molar-refractivity contribution is -0.137. The van der Waals surface area contributed by atoms with Gasteiger partial charge in [-0.25, -0.2) is 4.79 Å². The molecule has 1 saturated heterocycles. The van der Waals surface area contributed by atoms with E-state index in [1.807, 2.05) is 0 Å². The first-order chi connectivity index (χ1) is 10.2. The van der Waals surface area contributed by atoms with Gasteiger partial charge in [0.1, 0.15) is 12.1 Å². The van der Waals surface area contributed by atoms with Crippen LogP contribution in [0.3, 0.4) is 0 Å². The van der Waals surface area contributed by atoms with Crippen molar-refractivity contribution in [2.24, 2.45) is 11.3 Å². The zero-order chi connectivity index (χ0) is 16.1. The highest BCUT2D eigenvalue weighted by Gasteiger charge is 2.56. The van der Waals surface area contributed by atoms with Crippen LogP contribution in [0.15, 0.2) is 0 Å². The molecule has 1 heterocycles. The van der Waals surface area contributed by atoms with E-state index in [1.54, 1.807) is 0 Å². The first kappa shape index (κ1) is 15.3. The fraction of sp³-hybridized carbons (Fsp3) is 0.812. The summed E-state index contributed by atoms with van der Waals surface area (Å²) in [5, 5.41) is 5.71. The van der Waals surface area contributed by atoms with Crippen molar-refractivity contribution in [3.05, 3.63) is 0 Å². The van der Waals surface area contributed by atoms with Gasteiger partial charge in [-0.05, 0) is 43.4 Å². The lowest BCUT2D eigenvalue weighted by Crippen LogP contribution is -2.54. The second-order valence-electron chi connectivity index (χ2n) is 8.10. The highest BCUT2D eigenvalue weighted by Crippen LogP contribution is 2.46. The van der Waals surface area contributed by atoms with Gasteiger partial charge in [0.2, 0.25) is 5.91 Å². The number of hydrogen-bond acceptors (Lipinski definition) is 3. The Morgan fingerprint density at radius 1 is 1.32 bits per heavy atom. The van der Waals surface area contributed by atoms with Crippen LogP contribution < -0.4 is 10.6 Å². The Morgan fingerprint density at radius 2 is 2.00 bits per heavy atom. The molecule has 0 aromatic carbocycles. The van der Waals surface area contributed by atoms with E-state index in [0.717, 1.165) is 24.2 Å². The van der Waals surface area contributed by atoms with Gasteiger partial charge in [0.25, 0.3) is 5.91 Å². The molecule has 0 bridgehead atoms. The molecule has 2 aliphatic carbocycles. The van der Waals surface area contributed by atoms with Crippen LogP contribution >= 0.6 is 0 Å². The van der Waals surface area contributed by atoms with E-state index >= 15 is 0 Å². The van der Waals surface area contributed by atoms with Gasteiger partial charge >= 0.3 is 6.03 Å². The molecule has 3 aliphatic rings. The molecule has 2 atom stereocenters. The molecule has 2 N–H and O–H groups in total. The number of nitrogens with one attached hydrogen (secondary N) is 2. The lowest BCUT2D eigenvalue weighted by Gasteiger charge is -2.43. The molecule has 1 aliphatic heterocycles. The van der Waals surface area contributed by atoms with E-state index < -0.39 is 11.6 Å². The molecule has 6 heteroatoms. The van der Waals surface area contributed by atoms with E-state index in [0.29, 0.717) is 18.8 Å². The van der Waals surface area contributed by atoms with Gasteiger partial charge < -0.3 is 10.6 Å². The summed E-state index contributed by atoms with van der Waals surface area (Å²) in [5.74, 6) is -0.109. The first-order valence-electron chi connectivity index (χ1n) is 8.14. The van der Waals surface area contributed by atoms with Crippen molar-refractivity contribution >= 4 is 17.8 Å². The van der Waals surface area contributed by atoms with Gasteiger partial charge in [-0.15, -0.1) is 0 Å². The lowest BCUT2D eigenvalue weighted by atomic mass is 9.64. The summed E-state index contributed by atoms with van der Waals surface area (Å²) in [6.45, 7) is 6.21. The molecule has 122 valence electrons. The molecule has 0 radical (unpaired) electrons. The number of rotatable bonds is 3. The van der Waals surface area contributed by atoms with Crippen molar-refractivity contribution in [2.45, 2.75) is 64.5 Å². The third-order valence-corrected chi connectivity index (χ3v) is 4.87. The largest absolute Gasteiger partial charge is 0.352 e. The van der Waals surface area contributed by atoms with Crippen LogP contribution in [-0.4, -0.2) is 40.9 Å². The molecule has 3 fully saturated rings. The number of nitrogens with zero attached hydrogens (tertiary/aromatic N) is 1. The van der Waals surface area contributed by atoms with E-state index in [2.05, 4.69) is 31.4 Å². The second kappa shape index (κ2) is 4.96. The average molecular weight is 307 g/mol. The predicted octanol–water partition coefficient (Wildman–Crippen LogP) is 1.40. The highest BCUT2D eigenvalue weighted by atomic mass is 16.2. The van der Waals surface area contributed by atoms with E-state index in [9.17, 15) is 14.4 Å². The van der Waals surface area contributed by atoms with Crippen LogP contribution in [0.4, 0.5) is 4.79 Å². The third kappa shape index (κ3) is 2.83. The molecular weight excluding hydrogens is 282 g/mol. The standard InChI is InChI=1S/C16H25N3O3/c1-10-6-15(2,3)9-16(7-10)13(21)19(14(22)18-16)8-12(20)17-11-4-5-11/h10-11H,4-9H2,1-3H3,(H,17,20)(H,18,22)/t10-,16+/m0/s1. The SMILES string of the molecule is C[C@H]1CC(C)(C)C[C@@]2(C1)NC(=O)N(CC(=O)NC1CC1)C2=O. The Morgan fingerprint density at radius 3 is 2.59 bits per heavy atom. The summed E-state index contributed by atoms with van der Waals surface area (Å²) in [7, 11) is 0. The molecule has 0 aromatic heterocycles. The van der Waals surface area contributed by atoms with Crippen molar-refractivity contribution in [3.63, 3.8) is 0 Å². The predicted molar refractivity (Wildman–Crippen MR) is 80.9 cm³/mol. The van der Waals surface area contributed by atoms with Crippen LogP contribution in [0.2, 0.25) is 0 Å². The Hall–Kier alpha value is -1.59. The number of hydrogen-bond donors (Lipinski definition) is 2. The summed E-state index contributed by atoms with van der Waals surface area (Å²) in [6.07, 6.45) is 4.31. The summed E-state index contributed by atoms with van der Waals surface area (Å²) in [4.78, 5) is 38.1. The van der Waals surface area contributed by atoms with Crippen molar-refractivity contribution in [1.29, 1.82) is 0 Å².